The fourth-order valence-corrected chi connectivity index (χ4v) is 2.75. The predicted octanol–water partition coefficient (Wildman–Crippen LogP) is 4.44. The molecule has 3 heteroatoms. The number of rotatable bonds is 4. The molecule has 0 spiro atoms. The van der Waals surface area contributed by atoms with E-state index < -0.39 is 0 Å². The van der Waals surface area contributed by atoms with E-state index in [1.165, 1.54) is 0 Å². The SMILES string of the molecule is O=C(c1ccccc1)c1cccc(S)c1C(=O)c1ccccc1. The zero-order valence-corrected chi connectivity index (χ0v) is 13.2. The summed E-state index contributed by atoms with van der Waals surface area (Å²) in [5.41, 5.74) is 1.80. The number of thiol groups is 1. The zero-order chi connectivity index (χ0) is 16.2. The predicted molar refractivity (Wildman–Crippen MR) is 93.4 cm³/mol. The van der Waals surface area contributed by atoms with Crippen molar-refractivity contribution in [2.45, 2.75) is 4.90 Å². The quantitative estimate of drug-likeness (QED) is 0.570. The lowest BCUT2D eigenvalue weighted by Crippen LogP contribution is -2.12. The van der Waals surface area contributed by atoms with Gasteiger partial charge in [0.1, 0.15) is 0 Å². The molecule has 0 amide bonds. The molecule has 0 atom stereocenters. The normalized spacial score (nSPS) is 10.3. The van der Waals surface area contributed by atoms with Crippen LogP contribution in [-0.4, -0.2) is 11.6 Å². The van der Waals surface area contributed by atoms with Gasteiger partial charge in [0, 0.05) is 27.1 Å². The molecular formula is C20H14O2S. The van der Waals surface area contributed by atoms with Crippen LogP contribution in [0.3, 0.4) is 0 Å². The van der Waals surface area contributed by atoms with Gasteiger partial charge in [-0.15, -0.1) is 12.6 Å². The number of hydrogen-bond donors (Lipinski definition) is 1. The van der Waals surface area contributed by atoms with Crippen molar-refractivity contribution in [2.24, 2.45) is 0 Å². The first kappa shape index (κ1) is 15.3. The van der Waals surface area contributed by atoms with Crippen LogP contribution in [0.2, 0.25) is 0 Å². The summed E-state index contributed by atoms with van der Waals surface area (Å²) in [7, 11) is 0. The van der Waals surface area contributed by atoms with Gasteiger partial charge in [-0.2, -0.15) is 0 Å². The molecule has 0 aliphatic carbocycles. The van der Waals surface area contributed by atoms with Crippen LogP contribution in [0.5, 0.6) is 0 Å². The van der Waals surface area contributed by atoms with Gasteiger partial charge < -0.3 is 0 Å². The maximum Gasteiger partial charge on any atom is 0.194 e. The molecule has 0 bridgehead atoms. The maximum absolute atomic E-state index is 12.8. The highest BCUT2D eigenvalue weighted by molar-refractivity contribution is 7.80. The summed E-state index contributed by atoms with van der Waals surface area (Å²) in [5.74, 6) is -0.378. The van der Waals surface area contributed by atoms with Crippen LogP contribution >= 0.6 is 12.6 Å². The Bertz CT molecular complexity index is 855. The lowest BCUT2D eigenvalue weighted by Gasteiger charge is -2.11. The number of carbonyl (C=O) groups is 2. The molecule has 3 rings (SSSR count). The Labute approximate surface area is 140 Å². The molecule has 0 fully saturated rings. The minimum Gasteiger partial charge on any atom is -0.289 e. The van der Waals surface area contributed by atoms with Crippen molar-refractivity contribution in [3.8, 4) is 0 Å². The third-order valence-electron chi connectivity index (χ3n) is 3.59. The van der Waals surface area contributed by atoms with Crippen LogP contribution in [0.1, 0.15) is 31.8 Å². The largest absolute Gasteiger partial charge is 0.289 e. The summed E-state index contributed by atoms with van der Waals surface area (Å²) in [6, 6.07) is 23.0. The summed E-state index contributed by atoms with van der Waals surface area (Å²) < 4.78 is 0. The molecule has 112 valence electrons. The Morgan fingerprint density at radius 2 is 1.13 bits per heavy atom. The molecule has 23 heavy (non-hydrogen) atoms. The van der Waals surface area contributed by atoms with E-state index in [-0.39, 0.29) is 11.6 Å². The van der Waals surface area contributed by atoms with Crippen molar-refractivity contribution >= 4 is 24.2 Å². The average molecular weight is 318 g/mol. The van der Waals surface area contributed by atoms with Crippen LogP contribution < -0.4 is 0 Å². The summed E-state index contributed by atoms with van der Waals surface area (Å²) in [6.45, 7) is 0. The van der Waals surface area contributed by atoms with E-state index in [1.807, 2.05) is 12.1 Å². The van der Waals surface area contributed by atoms with Crippen molar-refractivity contribution < 1.29 is 9.59 Å². The lowest BCUT2D eigenvalue weighted by atomic mass is 9.93. The summed E-state index contributed by atoms with van der Waals surface area (Å²) >= 11 is 4.39. The number of hydrogen-bond acceptors (Lipinski definition) is 3. The molecule has 0 aromatic heterocycles. The Morgan fingerprint density at radius 1 is 0.609 bits per heavy atom. The zero-order valence-electron chi connectivity index (χ0n) is 12.3. The van der Waals surface area contributed by atoms with Gasteiger partial charge in [-0.3, -0.25) is 9.59 Å². The average Bonchev–Trinajstić information content (AvgIpc) is 2.62. The van der Waals surface area contributed by atoms with E-state index >= 15 is 0 Å². The van der Waals surface area contributed by atoms with E-state index in [4.69, 9.17) is 0 Å². The molecule has 0 N–H and O–H groups in total. The van der Waals surface area contributed by atoms with E-state index in [1.54, 1.807) is 66.7 Å². The molecule has 0 aliphatic rings. The van der Waals surface area contributed by atoms with Crippen molar-refractivity contribution in [1.82, 2.24) is 0 Å². The molecule has 3 aromatic rings. The third kappa shape index (κ3) is 3.10. The van der Waals surface area contributed by atoms with E-state index in [0.717, 1.165) is 0 Å². The first-order valence-electron chi connectivity index (χ1n) is 7.20. The van der Waals surface area contributed by atoms with Gasteiger partial charge in [-0.1, -0.05) is 72.8 Å². The molecule has 0 heterocycles. The van der Waals surface area contributed by atoms with Gasteiger partial charge in [-0.25, -0.2) is 0 Å². The lowest BCUT2D eigenvalue weighted by molar-refractivity contribution is 0.100. The second-order valence-electron chi connectivity index (χ2n) is 5.09. The second-order valence-corrected chi connectivity index (χ2v) is 5.57. The van der Waals surface area contributed by atoms with Crippen molar-refractivity contribution in [3.63, 3.8) is 0 Å². The van der Waals surface area contributed by atoms with Crippen LogP contribution in [0.25, 0.3) is 0 Å². The smallest absolute Gasteiger partial charge is 0.194 e. The van der Waals surface area contributed by atoms with Gasteiger partial charge in [0.25, 0.3) is 0 Å². The van der Waals surface area contributed by atoms with Crippen molar-refractivity contribution in [1.29, 1.82) is 0 Å². The Hall–Kier alpha value is -2.65. The summed E-state index contributed by atoms with van der Waals surface area (Å²) in [6.07, 6.45) is 0. The molecule has 0 aliphatic heterocycles. The highest BCUT2D eigenvalue weighted by Crippen LogP contribution is 2.24. The molecule has 0 saturated carbocycles. The van der Waals surface area contributed by atoms with Gasteiger partial charge in [0.2, 0.25) is 0 Å². The standard InChI is InChI=1S/C20H14O2S/c21-19(14-8-3-1-4-9-14)16-12-7-13-17(23)18(16)20(22)15-10-5-2-6-11-15/h1-13,23H. The van der Waals surface area contributed by atoms with Crippen LogP contribution in [0.15, 0.2) is 83.8 Å². The highest BCUT2D eigenvalue weighted by atomic mass is 32.1. The van der Waals surface area contributed by atoms with Crippen LogP contribution in [-0.2, 0) is 0 Å². The monoisotopic (exact) mass is 318 g/mol. The van der Waals surface area contributed by atoms with Crippen molar-refractivity contribution in [2.75, 3.05) is 0 Å². The molecule has 3 aromatic carbocycles. The van der Waals surface area contributed by atoms with Crippen LogP contribution in [0.4, 0.5) is 0 Å². The minimum absolute atomic E-state index is 0.180. The number of carbonyl (C=O) groups excluding carboxylic acids is 2. The fraction of sp³-hybridized carbons (Fsp3) is 0. The fourth-order valence-electron chi connectivity index (χ4n) is 2.45. The first-order valence-corrected chi connectivity index (χ1v) is 7.64. The van der Waals surface area contributed by atoms with Gasteiger partial charge >= 0.3 is 0 Å². The van der Waals surface area contributed by atoms with E-state index in [0.29, 0.717) is 27.1 Å². The highest BCUT2D eigenvalue weighted by Gasteiger charge is 2.21. The molecule has 0 saturated heterocycles. The first-order chi connectivity index (χ1) is 11.2. The minimum atomic E-state index is -0.199. The van der Waals surface area contributed by atoms with E-state index in [9.17, 15) is 9.59 Å². The van der Waals surface area contributed by atoms with Gasteiger partial charge in [0.05, 0.1) is 0 Å². The topological polar surface area (TPSA) is 34.1 Å². The van der Waals surface area contributed by atoms with Gasteiger partial charge in [-0.05, 0) is 6.07 Å². The molecule has 2 nitrogen and oxygen atoms in total. The molecule has 0 radical (unpaired) electrons. The Morgan fingerprint density at radius 3 is 1.70 bits per heavy atom. The third-order valence-corrected chi connectivity index (χ3v) is 3.96. The van der Waals surface area contributed by atoms with Crippen molar-refractivity contribution in [3.05, 3.63) is 101 Å². The molecule has 0 unspecified atom stereocenters. The molecular weight excluding hydrogens is 304 g/mol. The maximum atomic E-state index is 12.8. The second kappa shape index (κ2) is 6.63. The van der Waals surface area contributed by atoms with Gasteiger partial charge in [0.15, 0.2) is 11.6 Å². The summed E-state index contributed by atoms with van der Waals surface area (Å²) in [4.78, 5) is 26.1. The summed E-state index contributed by atoms with van der Waals surface area (Å²) in [5, 5.41) is 0. The van der Waals surface area contributed by atoms with Crippen LogP contribution in [0, 0.1) is 0 Å². The van der Waals surface area contributed by atoms with E-state index in [2.05, 4.69) is 12.6 Å². The Balaban J connectivity index is 2.11. The number of ketones is 2. The Kier molecular flexibility index (Phi) is 4.40. The number of benzene rings is 3.